The number of hydrogen-bond acceptors (Lipinski definition) is 5. The Morgan fingerprint density at radius 1 is 1.37 bits per heavy atom. The first-order chi connectivity index (χ1) is 14.5. The highest BCUT2D eigenvalue weighted by atomic mass is 19.1. The van der Waals surface area contributed by atoms with Gasteiger partial charge in [-0.3, -0.25) is 9.89 Å². The van der Waals surface area contributed by atoms with E-state index in [1.807, 2.05) is 11.8 Å². The van der Waals surface area contributed by atoms with Gasteiger partial charge in [0.25, 0.3) is 5.91 Å². The smallest absolute Gasteiger partial charge is 0.254 e. The number of aryl methyl sites for hydroxylation is 1. The molecule has 0 bridgehead atoms. The molecule has 158 valence electrons. The number of aromatic hydroxyl groups is 1. The van der Waals surface area contributed by atoms with Gasteiger partial charge in [-0.2, -0.15) is 5.10 Å². The third-order valence-electron chi connectivity index (χ3n) is 5.63. The van der Waals surface area contributed by atoms with E-state index in [-0.39, 0.29) is 11.9 Å². The number of nitrogens with zero attached hydrogens (tertiary/aromatic N) is 3. The van der Waals surface area contributed by atoms with Crippen molar-refractivity contribution in [2.24, 2.45) is 0 Å². The summed E-state index contributed by atoms with van der Waals surface area (Å²) in [7, 11) is 0. The number of nitrogens with one attached hydrogen (secondary N) is 2. The van der Waals surface area contributed by atoms with E-state index in [0.717, 1.165) is 25.8 Å². The molecule has 3 aromatic rings. The van der Waals surface area contributed by atoms with Crippen molar-refractivity contribution in [3.05, 3.63) is 41.3 Å². The van der Waals surface area contributed by atoms with Crippen molar-refractivity contribution in [3.63, 3.8) is 0 Å². The number of pyridine rings is 1. The van der Waals surface area contributed by atoms with Gasteiger partial charge in [0.05, 0.1) is 22.3 Å². The average molecular weight is 411 g/mol. The lowest BCUT2D eigenvalue weighted by Gasteiger charge is -2.34. The third kappa shape index (κ3) is 3.87. The van der Waals surface area contributed by atoms with Crippen LogP contribution in [0.4, 0.5) is 4.39 Å². The fraction of sp³-hybridized carbons (Fsp3) is 0.409. The summed E-state index contributed by atoms with van der Waals surface area (Å²) in [6.07, 6.45) is 3.28. The minimum absolute atomic E-state index is 0.0737. The molecule has 3 heterocycles. The second kappa shape index (κ2) is 8.39. The number of aromatic nitrogens is 3. The molecule has 0 radical (unpaired) electrons. The first-order valence-corrected chi connectivity index (χ1v) is 10.3. The zero-order valence-electron chi connectivity index (χ0n) is 17.2. The highest BCUT2D eigenvalue weighted by molar-refractivity contribution is 6.07. The fourth-order valence-corrected chi connectivity index (χ4v) is 3.99. The molecule has 1 aliphatic rings. The number of carbonyl (C=O) groups is 1. The van der Waals surface area contributed by atoms with E-state index in [9.17, 15) is 14.3 Å². The van der Waals surface area contributed by atoms with Gasteiger partial charge in [0.2, 0.25) is 0 Å². The van der Waals surface area contributed by atoms with Crippen LogP contribution in [0.3, 0.4) is 0 Å². The maximum atomic E-state index is 13.9. The lowest BCUT2D eigenvalue weighted by Crippen LogP contribution is -2.52. The van der Waals surface area contributed by atoms with Crippen LogP contribution in [0.5, 0.6) is 5.75 Å². The Morgan fingerprint density at radius 2 is 2.20 bits per heavy atom. The Morgan fingerprint density at radius 3 is 2.97 bits per heavy atom. The molecule has 1 fully saturated rings. The number of halogens is 1. The highest BCUT2D eigenvalue weighted by Gasteiger charge is 2.27. The monoisotopic (exact) mass is 411 g/mol. The summed E-state index contributed by atoms with van der Waals surface area (Å²) in [6, 6.07) is 6.06. The van der Waals surface area contributed by atoms with E-state index in [0.29, 0.717) is 46.6 Å². The van der Waals surface area contributed by atoms with Crippen LogP contribution in [0.25, 0.3) is 22.3 Å². The minimum Gasteiger partial charge on any atom is -0.505 e. The molecule has 4 rings (SSSR count). The zero-order chi connectivity index (χ0) is 21.3. The van der Waals surface area contributed by atoms with Crippen LogP contribution >= 0.6 is 0 Å². The largest absolute Gasteiger partial charge is 0.505 e. The number of hydrogen-bond donors (Lipinski definition) is 3. The van der Waals surface area contributed by atoms with Crippen molar-refractivity contribution < 1.29 is 14.3 Å². The van der Waals surface area contributed by atoms with Gasteiger partial charge < -0.3 is 15.3 Å². The summed E-state index contributed by atoms with van der Waals surface area (Å²) in [4.78, 5) is 19.9. The molecule has 0 saturated carbocycles. The van der Waals surface area contributed by atoms with Gasteiger partial charge in [-0.1, -0.05) is 19.8 Å². The maximum absolute atomic E-state index is 13.9. The number of piperazine rings is 1. The minimum atomic E-state index is -0.732. The lowest BCUT2D eigenvalue weighted by atomic mass is 10.0. The van der Waals surface area contributed by atoms with E-state index >= 15 is 0 Å². The number of benzene rings is 1. The number of H-pyrrole nitrogens is 1. The summed E-state index contributed by atoms with van der Waals surface area (Å²) in [5.41, 5.74) is 2.62. The van der Waals surface area contributed by atoms with Crippen molar-refractivity contribution in [3.8, 4) is 17.0 Å². The van der Waals surface area contributed by atoms with Gasteiger partial charge in [-0.05, 0) is 37.6 Å². The fourth-order valence-electron chi connectivity index (χ4n) is 3.99. The molecule has 1 amide bonds. The summed E-state index contributed by atoms with van der Waals surface area (Å²) < 4.78 is 13.9. The van der Waals surface area contributed by atoms with Crippen molar-refractivity contribution in [2.75, 3.05) is 19.6 Å². The first-order valence-electron chi connectivity index (χ1n) is 10.3. The zero-order valence-corrected chi connectivity index (χ0v) is 17.2. The number of amides is 1. The molecule has 8 heteroatoms. The molecule has 0 spiro atoms. The van der Waals surface area contributed by atoms with Crippen molar-refractivity contribution in [1.82, 2.24) is 25.4 Å². The molecule has 2 aromatic heterocycles. The maximum Gasteiger partial charge on any atom is 0.254 e. The van der Waals surface area contributed by atoms with Crippen LogP contribution in [0.15, 0.2) is 24.3 Å². The van der Waals surface area contributed by atoms with E-state index in [2.05, 4.69) is 27.4 Å². The molecular formula is C22H26FN5O2. The topological polar surface area (TPSA) is 94.1 Å². The number of aromatic amines is 1. The van der Waals surface area contributed by atoms with Crippen molar-refractivity contribution in [1.29, 1.82) is 0 Å². The van der Waals surface area contributed by atoms with E-state index < -0.39 is 11.6 Å². The van der Waals surface area contributed by atoms with Gasteiger partial charge in [-0.15, -0.1) is 0 Å². The van der Waals surface area contributed by atoms with Crippen molar-refractivity contribution >= 4 is 16.9 Å². The molecule has 1 atom stereocenters. The van der Waals surface area contributed by atoms with Crippen LogP contribution in [-0.4, -0.2) is 56.8 Å². The van der Waals surface area contributed by atoms with Crippen molar-refractivity contribution in [2.45, 2.75) is 39.2 Å². The molecule has 7 nitrogen and oxygen atoms in total. The van der Waals surface area contributed by atoms with Gasteiger partial charge in [0.1, 0.15) is 0 Å². The van der Waals surface area contributed by atoms with Crippen LogP contribution < -0.4 is 5.32 Å². The summed E-state index contributed by atoms with van der Waals surface area (Å²) in [5.74, 6) is -1.23. The molecular weight excluding hydrogens is 385 g/mol. The number of phenols is 1. The molecule has 1 saturated heterocycles. The van der Waals surface area contributed by atoms with Crippen LogP contribution in [0, 0.1) is 12.7 Å². The van der Waals surface area contributed by atoms with Gasteiger partial charge in [-0.25, -0.2) is 9.37 Å². The van der Waals surface area contributed by atoms with Crippen LogP contribution in [-0.2, 0) is 0 Å². The average Bonchev–Trinajstić information content (AvgIpc) is 3.14. The summed E-state index contributed by atoms with van der Waals surface area (Å²) in [5, 5.41) is 20.8. The highest BCUT2D eigenvalue weighted by Crippen LogP contribution is 2.29. The Balaban J connectivity index is 1.72. The number of rotatable bonds is 5. The molecule has 1 aromatic carbocycles. The van der Waals surface area contributed by atoms with Gasteiger partial charge >= 0.3 is 0 Å². The van der Waals surface area contributed by atoms with Crippen LogP contribution in [0.1, 0.15) is 42.2 Å². The number of unbranched alkanes of at least 4 members (excludes halogenated alkanes) is 1. The molecule has 30 heavy (non-hydrogen) atoms. The Labute approximate surface area is 174 Å². The Bertz CT molecular complexity index is 1080. The van der Waals surface area contributed by atoms with E-state index in [1.165, 1.54) is 12.1 Å². The molecule has 1 aliphatic heterocycles. The van der Waals surface area contributed by atoms with Gasteiger partial charge in [0.15, 0.2) is 17.2 Å². The SMILES string of the molecule is CCCCC1CN(C(=O)c2cc(-c3ccc(O)c(F)c3)nc3[nH]nc(C)c23)CCN1. The quantitative estimate of drug-likeness (QED) is 0.598. The summed E-state index contributed by atoms with van der Waals surface area (Å²) in [6.45, 7) is 6.04. The van der Waals surface area contributed by atoms with Crippen LogP contribution in [0.2, 0.25) is 0 Å². The molecule has 3 N–H and O–H groups in total. The number of phenolic OH excluding ortho intramolecular Hbond substituents is 1. The Hall–Kier alpha value is -3.00. The predicted molar refractivity (Wildman–Crippen MR) is 113 cm³/mol. The van der Waals surface area contributed by atoms with E-state index in [1.54, 1.807) is 12.1 Å². The number of fused-ring (bicyclic) bond motifs is 1. The normalized spacial score (nSPS) is 16.9. The van der Waals surface area contributed by atoms with Gasteiger partial charge in [0, 0.05) is 31.2 Å². The summed E-state index contributed by atoms with van der Waals surface area (Å²) >= 11 is 0. The lowest BCUT2D eigenvalue weighted by molar-refractivity contribution is 0.0700. The standard InChI is InChI=1S/C22H26FN5O2/c1-3-4-5-15-12-28(9-8-24-15)22(30)16-11-18(14-6-7-19(29)17(23)10-14)25-21-20(16)13(2)26-27-21/h6-7,10-11,15,24,29H,3-5,8-9,12H2,1-2H3,(H,25,26,27). The van der Waals surface area contributed by atoms with E-state index in [4.69, 9.17) is 0 Å². The number of carbonyl (C=O) groups excluding carboxylic acids is 1. The Kier molecular flexibility index (Phi) is 5.67. The third-order valence-corrected chi connectivity index (χ3v) is 5.63. The second-order valence-corrected chi connectivity index (χ2v) is 7.80. The first kappa shape index (κ1) is 20.3. The predicted octanol–water partition coefficient (Wildman–Crippen LogP) is 3.38. The molecule has 1 unspecified atom stereocenters. The second-order valence-electron chi connectivity index (χ2n) is 7.80. The molecule has 0 aliphatic carbocycles.